The minimum Gasteiger partial charge on any atom is -0.370 e. The van der Waals surface area contributed by atoms with Gasteiger partial charge in [0.05, 0.1) is 0 Å². The Labute approximate surface area is 110 Å². The lowest BCUT2D eigenvalue weighted by Crippen LogP contribution is -2.20. The van der Waals surface area contributed by atoms with E-state index in [-0.39, 0.29) is 5.54 Å². The maximum Gasteiger partial charge on any atom is 0.135 e. The Balaban J connectivity index is 2.35. The molecule has 1 heterocycles. The van der Waals surface area contributed by atoms with Crippen molar-refractivity contribution >= 4 is 11.6 Å². The van der Waals surface area contributed by atoms with Crippen molar-refractivity contribution in [2.24, 2.45) is 0 Å². The van der Waals surface area contributed by atoms with E-state index in [2.05, 4.69) is 55.2 Å². The van der Waals surface area contributed by atoms with Gasteiger partial charge in [-0.05, 0) is 33.6 Å². The molecule has 0 spiro atoms. The van der Waals surface area contributed by atoms with Crippen molar-refractivity contribution < 1.29 is 0 Å². The number of rotatable bonds is 5. The lowest BCUT2D eigenvalue weighted by atomic mass is 10.2. The predicted octanol–water partition coefficient (Wildman–Crippen LogP) is 3.30. The molecule has 4 heteroatoms. The molecule has 0 aliphatic heterocycles. The first-order valence-corrected chi connectivity index (χ1v) is 6.86. The Morgan fingerprint density at radius 2 is 1.83 bits per heavy atom. The minimum atomic E-state index is 0.247. The monoisotopic (exact) mass is 248 g/mol. The summed E-state index contributed by atoms with van der Waals surface area (Å²) in [5.74, 6) is 3.20. The standard InChI is InChI=1S/C14H24N4/c1-6-15-12-10(4)13(18-14(5)7-8-14)17-11(16-12)9(2)3/h9H,6-8H2,1-5H3,(H2,15,16,17,18). The van der Waals surface area contributed by atoms with Crippen LogP contribution in [0.25, 0.3) is 0 Å². The molecule has 1 fully saturated rings. The van der Waals surface area contributed by atoms with Crippen LogP contribution in [0, 0.1) is 6.92 Å². The Bertz CT molecular complexity index is 436. The summed E-state index contributed by atoms with van der Waals surface area (Å²) in [6, 6.07) is 0. The molecule has 0 saturated heterocycles. The summed E-state index contributed by atoms with van der Waals surface area (Å²) in [6.45, 7) is 11.6. The van der Waals surface area contributed by atoms with Crippen molar-refractivity contribution in [2.75, 3.05) is 17.2 Å². The van der Waals surface area contributed by atoms with E-state index in [1.807, 2.05) is 0 Å². The van der Waals surface area contributed by atoms with Crippen LogP contribution in [0.4, 0.5) is 11.6 Å². The molecular formula is C14H24N4. The molecule has 2 rings (SSSR count). The average molecular weight is 248 g/mol. The molecule has 1 aliphatic rings. The van der Waals surface area contributed by atoms with Gasteiger partial charge in [0.1, 0.15) is 17.5 Å². The van der Waals surface area contributed by atoms with Gasteiger partial charge in [-0.3, -0.25) is 0 Å². The summed E-state index contributed by atoms with van der Waals surface area (Å²) in [4.78, 5) is 9.29. The van der Waals surface area contributed by atoms with Gasteiger partial charge >= 0.3 is 0 Å². The van der Waals surface area contributed by atoms with Gasteiger partial charge in [0, 0.05) is 23.6 Å². The number of hydrogen-bond donors (Lipinski definition) is 2. The second kappa shape index (κ2) is 4.75. The molecule has 1 aromatic heterocycles. The number of nitrogens with zero attached hydrogens (tertiary/aromatic N) is 2. The molecule has 100 valence electrons. The fraction of sp³-hybridized carbons (Fsp3) is 0.714. The highest BCUT2D eigenvalue weighted by molar-refractivity contribution is 5.59. The fourth-order valence-corrected chi connectivity index (χ4v) is 1.85. The van der Waals surface area contributed by atoms with Gasteiger partial charge in [0.2, 0.25) is 0 Å². The van der Waals surface area contributed by atoms with Gasteiger partial charge in [-0.2, -0.15) is 0 Å². The second-order valence-electron chi connectivity index (χ2n) is 5.77. The van der Waals surface area contributed by atoms with E-state index in [9.17, 15) is 0 Å². The zero-order valence-electron chi connectivity index (χ0n) is 12.1. The molecule has 2 N–H and O–H groups in total. The maximum absolute atomic E-state index is 4.68. The Kier molecular flexibility index (Phi) is 3.46. The van der Waals surface area contributed by atoms with Crippen molar-refractivity contribution in [1.29, 1.82) is 0 Å². The van der Waals surface area contributed by atoms with Crippen LogP contribution >= 0.6 is 0 Å². The molecule has 0 aromatic carbocycles. The lowest BCUT2D eigenvalue weighted by molar-refractivity contribution is 0.758. The Morgan fingerprint density at radius 3 is 2.33 bits per heavy atom. The van der Waals surface area contributed by atoms with Gasteiger partial charge in [-0.1, -0.05) is 13.8 Å². The van der Waals surface area contributed by atoms with Crippen LogP contribution in [0.5, 0.6) is 0 Å². The minimum absolute atomic E-state index is 0.247. The van der Waals surface area contributed by atoms with Gasteiger partial charge in [-0.25, -0.2) is 9.97 Å². The lowest BCUT2D eigenvalue weighted by Gasteiger charge is -2.19. The van der Waals surface area contributed by atoms with Crippen molar-refractivity contribution in [3.8, 4) is 0 Å². The number of nitrogens with one attached hydrogen (secondary N) is 2. The van der Waals surface area contributed by atoms with Crippen molar-refractivity contribution in [1.82, 2.24) is 9.97 Å². The highest BCUT2D eigenvalue weighted by atomic mass is 15.1. The van der Waals surface area contributed by atoms with Gasteiger partial charge in [0.25, 0.3) is 0 Å². The first kappa shape index (κ1) is 13.1. The molecule has 1 aromatic rings. The van der Waals surface area contributed by atoms with E-state index in [0.717, 1.165) is 29.6 Å². The third-order valence-electron chi connectivity index (χ3n) is 3.44. The third kappa shape index (κ3) is 2.74. The van der Waals surface area contributed by atoms with E-state index in [1.165, 1.54) is 12.8 Å². The molecular weight excluding hydrogens is 224 g/mol. The van der Waals surface area contributed by atoms with Crippen LogP contribution in [0.1, 0.15) is 57.8 Å². The SMILES string of the molecule is CCNc1nc(C(C)C)nc(NC2(C)CC2)c1C. The van der Waals surface area contributed by atoms with Crippen molar-refractivity contribution in [2.45, 2.75) is 58.9 Å². The van der Waals surface area contributed by atoms with Crippen LogP contribution in [0.3, 0.4) is 0 Å². The van der Waals surface area contributed by atoms with E-state index in [0.29, 0.717) is 5.92 Å². The van der Waals surface area contributed by atoms with Crippen LogP contribution in [0.2, 0.25) is 0 Å². The fourth-order valence-electron chi connectivity index (χ4n) is 1.85. The molecule has 0 unspecified atom stereocenters. The summed E-state index contributed by atoms with van der Waals surface area (Å²) in [5, 5.41) is 6.89. The first-order chi connectivity index (χ1) is 8.45. The van der Waals surface area contributed by atoms with E-state index >= 15 is 0 Å². The van der Waals surface area contributed by atoms with E-state index in [4.69, 9.17) is 0 Å². The molecule has 0 amide bonds. The van der Waals surface area contributed by atoms with Gasteiger partial charge in [0.15, 0.2) is 0 Å². The Morgan fingerprint density at radius 1 is 1.22 bits per heavy atom. The maximum atomic E-state index is 4.68. The topological polar surface area (TPSA) is 49.8 Å². The second-order valence-corrected chi connectivity index (χ2v) is 5.77. The highest BCUT2D eigenvalue weighted by Crippen LogP contribution is 2.39. The normalized spacial score (nSPS) is 16.8. The zero-order valence-corrected chi connectivity index (χ0v) is 12.1. The van der Waals surface area contributed by atoms with E-state index in [1.54, 1.807) is 0 Å². The summed E-state index contributed by atoms with van der Waals surface area (Å²) >= 11 is 0. The van der Waals surface area contributed by atoms with Crippen LogP contribution in [-0.4, -0.2) is 22.1 Å². The molecule has 0 atom stereocenters. The summed E-state index contributed by atoms with van der Waals surface area (Å²) in [7, 11) is 0. The van der Waals surface area contributed by atoms with Crippen LogP contribution < -0.4 is 10.6 Å². The van der Waals surface area contributed by atoms with Gasteiger partial charge in [-0.15, -0.1) is 0 Å². The molecule has 0 bridgehead atoms. The predicted molar refractivity (Wildman–Crippen MR) is 76.3 cm³/mol. The van der Waals surface area contributed by atoms with Crippen LogP contribution in [-0.2, 0) is 0 Å². The summed E-state index contributed by atoms with van der Waals surface area (Å²) in [6.07, 6.45) is 2.45. The smallest absolute Gasteiger partial charge is 0.135 e. The first-order valence-electron chi connectivity index (χ1n) is 6.86. The third-order valence-corrected chi connectivity index (χ3v) is 3.44. The van der Waals surface area contributed by atoms with E-state index < -0.39 is 0 Å². The zero-order chi connectivity index (χ0) is 13.3. The van der Waals surface area contributed by atoms with Gasteiger partial charge < -0.3 is 10.6 Å². The summed E-state index contributed by atoms with van der Waals surface area (Å²) in [5.41, 5.74) is 1.37. The average Bonchev–Trinajstić information content (AvgIpc) is 3.02. The number of hydrogen-bond acceptors (Lipinski definition) is 4. The molecule has 0 radical (unpaired) electrons. The molecule has 1 aliphatic carbocycles. The quantitative estimate of drug-likeness (QED) is 0.839. The number of aromatic nitrogens is 2. The summed E-state index contributed by atoms with van der Waals surface area (Å²) < 4.78 is 0. The molecule has 18 heavy (non-hydrogen) atoms. The molecule has 4 nitrogen and oxygen atoms in total. The largest absolute Gasteiger partial charge is 0.370 e. The Hall–Kier alpha value is -1.32. The molecule has 1 saturated carbocycles. The highest BCUT2D eigenvalue weighted by Gasteiger charge is 2.38. The number of anilines is 2. The van der Waals surface area contributed by atoms with Crippen LogP contribution in [0.15, 0.2) is 0 Å². The van der Waals surface area contributed by atoms with Crippen molar-refractivity contribution in [3.63, 3.8) is 0 Å². The van der Waals surface area contributed by atoms with Crippen molar-refractivity contribution in [3.05, 3.63) is 11.4 Å².